The quantitative estimate of drug-likeness (QED) is 0.659. The summed E-state index contributed by atoms with van der Waals surface area (Å²) in [6, 6.07) is 0. The van der Waals surface area contributed by atoms with Crippen molar-refractivity contribution < 1.29 is 9.90 Å². The van der Waals surface area contributed by atoms with Gasteiger partial charge in [0.15, 0.2) is 0 Å². The molecule has 0 aliphatic carbocycles. The first-order valence-electron chi connectivity index (χ1n) is 4.89. The van der Waals surface area contributed by atoms with Crippen LogP contribution in [0.2, 0.25) is 0 Å². The number of aliphatic hydroxyl groups excluding tert-OH is 1. The molecule has 1 atom stereocenters. The third-order valence-electron chi connectivity index (χ3n) is 2.47. The first-order valence-corrected chi connectivity index (χ1v) is 4.89. The number of hydrogen-bond acceptors (Lipinski definition) is 4. The number of aromatic nitrogens is 2. The van der Waals surface area contributed by atoms with Crippen molar-refractivity contribution in [3.05, 3.63) is 12.4 Å². The van der Waals surface area contributed by atoms with E-state index in [0.717, 1.165) is 0 Å². The number of nitrogens with two attached hydrogens (primary N) is 1. The van der Waals surface area contributed by atoms with Crippen LogP contribution < -0.4 is 5.73 Å². The SMILES string of the molecule is Nc1cnn(CC(=O)N2CCC(O)C2)c1. The van der Waals surface area contributed by atoms with Crippen LogP contribution in [-0.2, 0) is 11.3 Å². The molecule has 1 aliphatic rings. The second-order valence-corrected chi connectivity index (χ2v) is 3.75. The zero-order valence-corrected chi connectivity index (χ0v) is 8.33. The van der Waals surface area contributed by atoms with Crippen LogP contribution in [0.3, 0.4) is 0 Å². The van der Waals surface area contributed by atoms with Gasteiger partial charge in [-0.2, -0.15) is 5.10 Å². The van der Waals surface area contributed by atoms with Gasteiger partial charge in [-0.15, -0.1) is 0 Å². The molecule has 2 rings (SSSR count). The maximum atomic E-state index is 11.7. The summed E-state index contributed by atoms with van der Waals surface area (Å²) in [5, 5.41) is 13.2. The van der Waals surface area contributed by atoms with Crippen molar-refractivity contribution in [3.8, 4) is 0 Å². The molecule has 1 unspecified atom stereocenters. The van der Waals surface area contributed by atoms with Crippen LogP contribution >= 0.6 is 0 Å². The molecule has 3 N–H and O–H groups in total. The van der Waals surface area contributed by atoms with Crippen molar-refractivity contribution >= 4 is 11.6 Å². The fourth-order valence-electron chi connectivity index (χ4n) is 1.67. The molecule has 0 spiro atoms. The monoisotopic (exact) mass is 210 g/mol. The summed E-state index contributed by atoms with van der Waals surface area (Å²) in [7, 11) is 0. The van der Waals surface area contributed by atoms with Crippen LogP contribution in [0, 0.1) is 0 Å². The van der Waals surface area contributed by atoms with Gasteiger partial charge in [0.05, 0.1) is 18.0 Å². The van der Waals surface area contributed by atoms with Gasteiger partial charge in [-0.3, -0.25) is 9.48 Å². The van der Waals surface area contributed by atoms with E-state index in [1.165, 1.54) is 10.9 Å². The molecule has 15 heavy (non-hydrogen) atoms. The molecule has 6 nitrogen and oxygen atoms in total. The molecule has 6 heteroatoms. The van der Waals surface area contributed by atoms with Crippen molar-refractivity contribution in [2.45, 2.75) is 19.1 Å². The van der Waals surface area contributed by atoms with E-state index >= 15 is 0 Å². The van der Waals surface area contributed by atoms with Gasteiger partial charge in [-0.25, -0.2) is 0 Å². The lowest BCUT2D eigenvalue weighted by Crippen LogP contribution is -2.32. The summed E-state index contributed by atoms with van der Waals surface area (Å²) in [6.07, 6.45) is 3.40. The number of amides is 1. The molecule has 0 aromatic carbocycles. The Morgan fingerprint density at radius 2 is 2.53 bits per heavy atom. The highest BCUT2D eigenvalue weighted by molar-refractivity contribution is 5.76. The normalized spacial score (nSPS) is 20.9. The Balaban J connectivity index is 1.92. The Labute approximate surface area is 87.3 Å². The molecule has 1 saturated heterocycles. The maximum Gasteiger partial charge on any atom is 0.244 e. The molecule has 1 fully saturated rings. The van der Waals surface area contributed by atoms with E-state index < -0.39 is 0 Å². The van der Waals surface area contributed by atoms with Gasteiger partial charge in [-0.05, 0) is 6.42 Å². The van der Waals surface area contributed by atoms with Gasteiger partial charge in [0.1, 0.15) is 6.54 Å². The predicted octanol–water partition coefficient (Wildman–Crippen LogP) is -0.941. The minimum absolute atomic E-state index is 0.0327. The summed E-state index contributed by atoms with van der Waals surface area (Å²) in [6.45, 7) is 1.23. The van der Waals surface area contributed by atoms with E-state index in [0.29, 0.717) is 25.2 Å². The number of β-amino-alcohol motifs (C(OH)–C–C–N with tert-alkyl or cyclic N) is 1. The zero-order chi connectivity index (χ0) is 10.8. The highest BCUT2D eigenvalue weighted by Crippen LogP contribution is 2.09. The largest absolute Gasteiger partial charge is 0.396 e. The van der Waals surface area contributed by atoms with E-state index in [1.807, 2.05) is 0 Å². The number of nitrogen functional groups attached to an aromatic ring is 1. The summed E-state index contributed by atoms with van der Waals surface area (Å²) < 4.78 is 1.50. The second-order valence-electron chi connectivity index (χ2n) is 3.75. The molecule has 1 aromatic rings. The van der Waals surface area contributed by atoms with Gasteiger partial charge in [-0.1, -0.05) is 0 Å². The Morgan fingerprint density at radius 3 is 3.07 bits per heavy atom. The molecule has 1 amide bonds. The fourth-order valence-corrected chi connectivity index (χ4v) is 1.67. The van der Waals surface area contributed by atoms with Crippen molar-refractivity contribution in [2.75, 3.05) is 18.8 Å². The van der Waals surface area contributed by atoms with Crippen molar-refractivity contribution in [2.24, 2.45) is 0 Å². The number of carbonyl (C=O) groups is 1. The minimum atomic E-state index is -0.378. The van der Waals surface area contributed by atoms with Crippen LogP contribution in [0.4, 0.5) is 5.69 Å². The number of likely N-dealkylation sites (tertiary alicyclic amines) is 1. The van der Waals surface area contributed by atoms with E-state index in [-0.39, 0.29) is 18.6 Å². The summed E-state index contributed by atoms with van der Waals surface area (Å²) >= 11 is 0. The zero-order valence-electron chi connectivity index (χ0n) is 8.33. The van der Waals surface area contributed by atoms with E-state index in [2.05, 4.69) is 5.10 Å². The molecule has 2 heterocycles. The molecular formula is C9H14N4O2. The van der Waals surface area contributed by atoms with Crippen molar-refractivity contribution in [3.63, 3.8) is 0 Å². The van der Waals surface area contributed by atoms with Crippen LogP contribution in [0.15, 0.2) is 12.4 Å². The lowest BCUT2D eigenvalue weighted by Gasteiger charge is -2.15. The van der Waals surface area contributed by atoms with Crippen molar-refractivity contribution in [1.29, 1.82) is 0 Å². The Morgan fingerprint density at radius 1 is 1.73 bits per heavy atom. The van der Waals surface area contributed by atoms with Crippen LogP contribution in [-0.4, -0.2) is 44.9 Å². The Hall–Kier alpha value is -1.56. The predicted molar refractivity (Wildman–Crippen MR) is 53.8 cm³/mol. The fraction of sp³-hybridized carbons (Fsp3) is 0.556. The van der Waals surface area contributed by atoms with Gasteiger partial charge in [0.25, 0.3) is 0 Å². The minimum Gasteiger partial charge on any atom is -0.396 e. The van der Waals surface area contributed by atoms with Gasteiger partial charge >= 0.3 is 0 Å². The number of rotatable bonds is 2. The average molecular weight is 210 g/mol. The van der Waals surface area contributed by atoms with Crippen LogP contribution in [0.1, 0.15) is 6.42 Å². The average Bonchev–Trinajstić information content (AvgIpc) is 2.75. The maximum absolute atomic E-state index is 11.7. The lowest BCUT2D eigenvalue weighted by molar-refractivity contribution is -0.131. The highest BCUT2D eigenvalue weighted by Gasteiger charge is 2.24. The number of nitrogens with zero attached hydrogens (tertiary/aromatic N) is 3. The first kappa shape index (κ1) is 9.97. The van der Waals surface area contributed by atoms with Gasteiger partial charge in [0.2, 0.25) is 5.91 Å². The third kappa shape index (κ3) is 2.27. The molecule has 0 bridgehead atoms. The molecule has 1 aliphatic heterocycles. The third-order valence-corrected chi connectivity index (χ3v) is 2.47. The molecule has 0 saturated carbocycles. The number of hydrogen-bond donors (Lipinski definition) is 2. The van der Waals surface area contributed by atoms with Crippen molar-refractivity contribution in [1.82, 2.24) is 14.7 Å². The standard InChI is InChI=1S/C9H14N4O2/c10-7-3-11-13(4-7)6-9(15)12-2-1-8(14)5-12/h3-4,8,14H,1-2,5-6,10H2. The van der Waals surface area contributed by atoms with E-state index in [1.54, 1.807) is 11.1 Å². The first-order chi connectivity index (χ1) is 7.15. The molecule has 0 radical (unpaired) electrons. The second kappa shape index (κ2) is 3.90. The summed E-state index contributed by atoms with van der Waals surface area (Å²) in [5.41, 5.74) is 6.03. The van der Waals surface area contributed by atoms with E-state index in [4.69, 9.17) is 5.73 Å². The van der Waals surface area contributed by atoms with Crippen LogP contribution in [0.25, 0.3) is 0 Å². The summed E-state index contributed by atoms with van der Waals surface area (Å²) in [4.78, 5) is 13.3. The summed E-state index contributed by atoms with van der Waals surface area (Å²) in [5.74, 6) is -0.0327. The Bertz CT molecular complexity index is 363. The highest BCUT2D eigenvalue weighted by atomic mass is 16.3. The lowest BCUT2D eigenvalue weighted by atomic mass is 10.3. The number of carbonyl (C=O) groups excluding carboxylic acids is 1. The molecule has 1 aromatic heterocycles. The topological polar surface area (TPSA) is 84.4 Å². The smallest absolute Gasteiger partial charge is 0.244 e. The number of anilines is 1. The van der Waals surface area contributed by atoms with Crippen LogP contribution in [0.5, 0.6) is 0 Å². The number of aliphatic hydroxyl groups is 1. The van der Waals surface area contributed by atoms with E-state index in [9.17, 15) is 9.90 Å². The molecular weight excluding hydrogens is 196 g/mol. The van der Waals surface area contributed by atoms with Gasteiger partial charge in [0, 0.05) is 19.3 Å². The molecule has 82 valence electrons. The van der Waals surface area contributed by atoms with Gasteiger partial charge < -0.3 is 15.7 Å². The Kier molecular flexibility index (Phi) is 2.59.